The van der Waals surface area contributed by atoms with E-state index in [-0.39, 0.29) is 0 Å². The van der Waals surface area contributed by atoms with Crippen molar-refractivity contribution in [1.82, 2.24) is 24.7 Å². The van der Waals surface area contributed by atoms with Crippen LogP contribution >= 0.6 is 11.3 Å². The standard InChI is InChI=1S/C14H13N5O2S/c20-14(21-8-2-7-19-6-1-3-17-19)12-10-22-13(18-12)11-9-15-4-5-16-11/h1,3-6,9-10H,2,7-8H2. The van der Waals surface area contributed by atoms with Crippen LogP contribution in [0.4, 0.5) is 0 Å². The highest BCUT2D eigenvalue weighted by atomic mass is 32.1. The molecule has 0 unspecified atom stereocenters. The van der Waals surface area contributed by atoms with E-state index >= 15 is 0 Å². The van der Waals surface area contributed by atoms with Gasteiger partial charge in [0.15, 0.2) is 5.69 Å². The Hall–Kier alpha value is -2.61. The fourth-order valence-electron chi connectivity index (χ4n) is 1.79. The number of carbonyl (C=O) groups excluding carboxylic acids is 1. The van der Waals surface area contributed by atoms with Gasteiger partial charge < -0.3 is 4.74 Å². The summed E-state index contributed by atoms with van der Waals surface area (Å²) in [5.74, 6) is -0.424. The Morgan fingerprint density at radius 3 is 3.05 bits per heavy atom. The number of aryl methyl sites for hydroxylation is 1. The molecule has 0 N–H and O–H groups in total. The molecule has 0 aliphatic rings. The average Bonchev–Trinajstić information content (AvgIpc) is 3.24. The molecule has 3 rings (SSSR count). The zero-order valence-corrected chi connectivity index (χ0v) is 12.4. The molecule has 0 bridgehead atoms. The quantitative estimate of drug-likeness (QED) is 0.511. The van der Waals surface area contributed by atoms with E-state index in [4.69, 9.17) is 4.74 Å². The number of carbonyl (C=O) groups is 1. The smallest absolute Gasteiger partial charge is 0.357 e. The van der Waals surface area contributed by atoms with Crippen LogP contribution in [0.3, 0.4) is 0 Å². The molecule has 3 heterocycles. The Kier molecular flexibility index (Phi) is 4.50. The predicted molar refractivity (Wildman–Crippen MR) is 80.3 cm³/mol. The molecule has 112 valence electrons. The molecule has 0 aromatic carbocycles. The van der Waals surface area contributed by atoms with Crippen molar-refractivity contribution in [3.8, 4) is 10.7 Å². The maximum absolute atomic E-state index is 11.9. The first-order valence-electron chi connectivity index (χ1n) is 6.69. The number of hydrogen-bond acceptors (Lipinski definition) is 7. The maximum atomic E-state index is 11.9. The van der Waals surface area contributed by atoms with E-state index in [1.807, 2.05) is 12.3 Å². The summed E-state index contributed by atoms with van der Waals surface area (Å²) in [6.07, 6.45) is 9.08. The largest absolute Gasteiger partial charge is 0.461 e. The summed E-state index contributed by atoms with van der Waals surface area (Å²) < 4.78 is 7.00. The summed E-state index contributed by atoms with van der Waals surface area (Å²) in [7, 11) is 0. The van der Waals surface area contributed by atoms with Gasteiger partial charge in [-0.1, -0.05) is 0 Å². The summed E-state index contributed by atoms with van der Waals surface area (Å²) >= 11 is 1.34. The number of hydrogen-bond donors (Lipinski definition) is 0. The van der Waals surface area contributed by atoms with Gasteiger partial charge in [0.2, 0.25) is 0 Å². The normalized spacial score (nSPS) is 10.5. The van der Waals surface area contributed by atoms with Gasteiger partial charge in [-0.05, 0) is 6.07 Å². The van der Waals surface area contributed by atoms with Crippen molar-refractivity contribution >= 4 is 17.3 Å². The molecule has 0 spiro atoms. The number of aromatic nitrogens is 5. The molecule has 22 heavy (non-hydrogen) atoms. The van der Waals surface area contributed by atoms with Gasteiger partial charge in [0, 0.05) is 43.1 Å². The van der Waals surface area contributed by atoms with Crippen molar-refractivity contribution in [2.75, 3.05) is 6.61 Å². The molecular formula is C14H13N5O2S. The molecule has 0 fully saturated rings. The summed E-state index contributed by atoms with van der Waals surface area (Å²) in [6, 6.07) is 1.86. The van der Waals surface area contributed by atoms with Gasteiger partial charge in [0.1, 0.15) is 10.7 Å². The van der Waals surface area contributed by atoms with Crippen LogP contribution in [0.5, 0.6) is 0 Å². The van der Waals surface area contributed by atoms with Gasteiger partial charge in [-0.3, -0.25) is 14.6 Å². The minimum atomic E-state index is -0.424. The highest BCUT2D eigenvalue weighted by molar-refractivity contribution is 7.13. The molecule has 0 radical (unpaired) electrons. The second-order valence-electron chi connectivity index (χ2n) is 4.39. The van der Waals surface area contributed by atoms with Crippen molar-refractivity contribution in [1.29, 1.82) is 0 Å². The van der Waals surface area contributed by atoms with E-state index in [1.165, 1.54) is 11.3 Å². The lowest BCUT2D eigenvalue weighted by Gasteiger charge is -2.03. The minimum Gasteiger partial charge on any atom is -0.461 e. The van der Waals surface area contributed by atoms with Gasteiger partial charge in [0.25, 0.3) is 0 Å². The van der Waals surface area contributed by atoms with Gasteiger partial charge in [-0.15, -0.1) is 11.3 Å². The number of esters is 1. The van der Waals surface area contributed by atoms with E-state index in [0.717, 1.165) is 0 Å². The monoisotopic (exact) mass is 315 g/mol. The third-order valence-corrected chi connectivity index (χ3v) is 3.68. The van der Waals surface area contributed by atoms with Crippen LogP contribution in [-0.2, 0) is 11.3 Å². The Balaban J connectivity index is 1.51. The van der Waals surface area contributed by atoms with Gasteiger partial charge in [0.05, 0.1) is 12.8 Å². The van der Waals surface area contributed by atoms with E-state index in [2.05, 4.69) is 20.1 Å². The van der Waals surface area contributed by atoms with Crippen LogP contribution in [0.25, 0.3) is 10.7 Å². The van der Waals surface area contributed by atoms with E-state index in [1.54, 1.807) is 34.8 Å². The molecule has 0 saturated heterocycles. The zero-order valence-electron chi connectivity index (χ0n) is 11.6. The Labute approximate surface area is 130 Å². The van der Waals surface area contributed by atoms with Gasteiger partial charge in [-0.25, -0.2) is 9.78 Å². The SMILES string of the molecule is O=C(OCCCn1cccn1)c1csc(-c2cnccn2)n1. The van der Waals surface area contributed by atoms with Crippen molar-refractivity contribution in [2.24, 2.45) is 0 Å². The van der Waals surface area contributed by atoms with Crippen LogP contribution < -0.4 is 0 Å². The van der Waals surface area contributed by atoms with Crippen LogP contribution in [-0.4, -0.2) is 37.3 Å². The molecule has 3 aromatic heterocycles. The van der Waals surface area contributed by atoms with Crippen LogP contribution in [0.2, 0.25) is 0 Å². The second-order valence-corrected chi connectivity index (χ2v) is 5.25. The third-order valence-electron chi connectivity index (χ3n) is 2.82. The minimum absolute atomic E-state index is 0.296. The second kappa shape index (κ2) is 6.90. The highest BCUT2D eigenvalue weighted by Gasteiger charge is 2.13. The molecule has 7 nitrogen and oxygen atoms in total. The van der Waals surface area contributed by atoms with E-state index in [9.17, 15) is 4.79 Å². The predicted octanol–water partition coefficient (Wildman–Crippen LogP) is 2.04. The summed E-state index contributed by atoms with van der Waals surface area (Å²) in [5, 5.41) is 6.40. The van der Waals surface area contributed by atoms with Crippen molar-refractivity contribution in [3.05, 3.63) is 48.1 Å². The Bertz CT molecular complexity index is 727. The number of ether oxygens (including phenoxy) is 1. The molecule has 0 aliphatic carbocycles. The molecule has 0 aliphatic heterocycles. The first-order valence-corrected chi connectivity index (χ1v) is 7.57. The number of rotatable bonds is 6. The van der Waals surface area contributed by atoms with Crippen molar-refractivity contribution in [2.45, 2.75) is 13.0 Å². The van der Waals surface area contributed by atoms with E-state index in [0.29, 0.717) is 36.0 Å². The lowest BCUT2D eigenvalue weighted by Crippen LogP contribution is -2.09. The topological polar surface area (TPSA) is 82.8 Å². The highest BCUT2D eigenvalue weighted by Crippen LogP contribution is 2.21. The fraction of sp³-hybridized carbons (Fsp3) is 0.214. The van der Waals surface area contributed by atoms with Crippen LogP contribution in [0.15, 0.2) is 42.4 Å². The molecule has 8 heteroatoms. The van der Waals surface area contributed by atoms with E-state index < -0.39 is 5.97 Å². The lowest BCUT2D eigenvalue weighted by atomic mass is 10.4. The maximum Gasteiger partial charge on any atom is 0.357 e. The zero-order chi connectivity index (χ0) is 15.2. The summed E-state index contributed by atoms with van der Waals surface area (Å²) in [4.78, 5) is 24.3. The first kappa shape index (κ1) is 14.3. The molecular weight excluding hydrogens is 302 g/mol. The fourth-order valence-corrected chi connectivity index (χ4v) is 2.54. The molecule has 0 saturated carbocycles. The summed E-state index contributed by atoms with van der Waals surface area (Å²) in [6.45, 7) is 1.04. The van der Waals surface area contributed by atoms with Crippen LogP contribution in [0, 0.1) is 0 Å². The third kappa shape index (κ3) is 3.53. The number of thiazole rings is 1. The Morgan fingerprint density at radius 2 is 2.27 bits per heavy atom. The van der Waals surface area contributed by atoms with Crippen molar-refractivity contribution < 1.29 is 9.53 Å². The Morgan fingerprint density at radius 1 is 1.32 bits per heavy atom. The molecule has 3 aromatic rings. The average molecular weight is 315 g/mol. The van der Waals surface area contributed by atoms with Gasteiger partial charge in [-0.2, -0.15) is 5.10 Å². The first-order chi connectivity index (χ1) is 10.8. The van der Waals surface area contributed by atoms with Crippen molar-refractivity contribution in [3.63, 3.8) is 0 Å². The molecule has 0 atom stereocenters. The summed E-state index contributed by atoms with van der Waals surface area (Å²) in [5.41, 5.74) is 0.940. The molecule has 0 amide bonds. The number of nitrogens with zero attached hydrogens (tertiary/aromatic N) is 5. The lowest BCUT2D eigenvalue weighted by molar-refractivity contribution is 0.0489. The van der Waals surface area contributed by atoms with Gasteiger partial charge >= 0.3 is 5.97 Å². The van der Waals surface area contributed by atoms with Crippen LogP contribution in [0.1, 0.15) is 16.9 Å².